The summed E-state index contributed by atoms with van der Waals surface area (Å²) in [6.45, 7) is 0. The number of hydrogen-bond acceptors (Lipinski definition) is 5. The number of carbonyl (C=O) groups is 2. The lowest BCUT2D eigenvalue weighted by Crippen LogP contribution is -2.25. The first-order valence-electron chi connectivity index (χ1n) is 5.21. The molecule has 0 aromatic heterocycles. The number of methoxy groups -OCH3 is 2. The molecule has 126 valence electrons. The van der Waals surface area contributed by atoms with Crippen LogP contribution in [0.15, 0.2) is 22.1 Å². The van der Waals surface area contributed by atoms with E-state index < -0.39 is 46.4 Å². The zero-order valence-electron chi connectivity index (χ0n) is 11.4. The molecule has 0 aliphatic carbocycles. The van der Waals surface area contributed by atoms with Gasteiger partial charge in [-0.1, -0.05) is 0 Å². The van der Waals surface area contributed by atoms with Crippen LogP contribution in [0.5, 0.6) is 0 Å². The van der Waals surface area contributed by atoms with Gasteiger partial charge < -0.3 is 9.47 Å². The van der Waals surface area contributed by atoms with Crippen molar-refractivity contribution < 1.29 is 45.4 Å². The highest BCUT2D eigenvalue weighted by Crippen LogP contribution is 2.38. The van der Waals surface area contributed by atoms with Crippen LogP contribution in [0, 0.1) is 0 Å². The number of rotatable bonds is 4. The Balaban J connectivity index is 6.61. The van der Waals surface area contributed by atoms with E-state index in [9.17, 15) is 35.9 Å². The Kier molecular flexibility index (Phi) is 7.00. The van der Waals surface area contributed by atoms with Gasteiger partial charge in [-0.15, -0.1) is 11.8 Å². The fourth-order valence-corrected chi connectivity index (χ4v) is 1.91. The van der Waals surface area contributed by atoms with E-state index in [0.717, 1.165) is 13.4 Å². The second kappa shape index (κ2) is 7.56. The van der Waals surface area contributed by atoms with Crippen LogP contribution in [-0.2, 0) is 19.1 Å². The van der Waals surface area contributed by atoms with Crippen molar-refractivity contribution in [2.75, 3.05) is 20.5 Å². The molecule has 0 fully saturated rings. The first kappa shape index (κ1) is 20.3. The van der Waals surface area contributed by atoms with Crippen LogP contribution in [0.25, 0.3) is 0 Å². The van der Waals surface area contributed by atoms with Gasteiger partial charge in [-0.05, 0) is 6.26 Å². The Morgan fingerprint density at radius 3 is 1.68 bits per heavy atom. The van der Waals surface area contributed by atoms with Crippen LogP contribution < -0.4 is 0 Å². The van der Waals surface area contributed by atoms with Crippen molar-refractivity contribution in [1.82, 2.24) is 0 Å². The van der Waals surface area contributed by atoms with E-state index in [0.29, 0.717) is 18.9 Å². The fraction of sp³-hybridized carbons (Fsp3) is 0.455. The predicted octanol–water partition coefficient (Wildman–Crippen LogP) is 3.00. The maximum absolute atomic E-state index is 12.9. The molecular weight excluding hydrogens is 342 g/mol. The summed E-state index contributed by atoms with van der Waals surface area (Å²) in [5.41, 5.74) is -3.91. The van der Waals surface area contributed by atoms with Crippen LogP contribution in [0.3, 0.4) is 0 Å². The summed E-state index contributed by atoms with van der Waals surface area (Å²) in [4.78, 5) is 22.0. The van der Waals surface area contributed by atoms with Gasteiger partial charge in [0.05, 0.1) is 25.4 Å². The summed E-state index contributed by atoms with van der Waals surface area (Å²) in [7, 11) is 1.47. The van der Waals surface area contributed by atoms with Crippen LogP contribution >= 0.6 is 11.8 Å². The molecule has 0 spiro atoms. The van der Waals surface area contributed by atoms with E-state index in [1.807, 2.05) is 0 Å². The lowest BCUT2D eigenvalue weighted by Gasteiger charge is -2.17. The SMILES string of the molecule is COC(=O)/C(SC)=C(C(=O)OC)/C(=C\C(F)(F)F)C(F)(F)F. The molecule has 0 aromatic carbocycles. The molecule has 0 saturated heterocycles. The van der Waals surface area contributed by atoms with Crippen LogP contribution in [-0.4, -0.2) is 44.8 Å². The van der Waals surface area contributed by atoms with E-state index in [2.05, 4.69) is 9.47 Å². The van der Waals surface area contributed by atoms with Gasteiger partial charge in [-0.25, -0.2) is 9.59 Å². The monoisotopic (exact) mass is 352 g/mol. The van der Waals surface area contributed by atoms with Gasteiger partial charge in [-0.2, -0.15) is 26.3 Å². The molecule has 0 aliphatic rings. The van der Waals surface area contributed by atoms with E-state index in [4.69, 9.17) is 0 Å². The molecule has 0 bridgehead atoms. The van der Waals surface area contributed by atoms with E-state index in [1.165, 1.54) is 0 Å². The third kappa shape index (κ3) is 5.62. The largest absolute Gasteiger partial charge is 0.465 e. The number of ether oxygens (including phenoxy) is 2. The van der Waals surface area contributed by atoms with Crippen molar-refractivity contribution in [3.05, 3.63) is 22.1 Å². The summed E-state index contributed by atoms with van der Waals surface area (Å²) < 4.78 is 83.9. The van der Waals surface area contributed by atoms with Gasteiger partial charge >= 0.3 is 24.3 Å². The molecule has 22 heavy (non-hydrogen) atoms. The number of hydrogen-bond donors (Lipinski definition) is 0. The van der Waals surface area contributed by atoms with Gasteiger partial charge in [0.1, 0.15) is 4.91 Å². The Morgan fingerprint density at radius 2 is 1.41 bits per heavy atom. The summed E-state index contributed by atoms with van der Waals surface area (Å²) >= 11 is 0.321. The van der Waals surface area contributed by atoms with Crippen molar-refractivity contribution in [2.45, 2.75) is 12.4 Å². The molecule has 4 nitrogen and oxygen atoms in total. The molecular formula is C11H10F6O4S. The Bertz CT molecular complexity index is 504. The molecule has 0 amide bonds. The molecule has 0 N–H and O–H groups in total. The second-order valence-electron chi connectivity index (χ2n) is 3.49. The minimum absolute atomic E-state index is 0.321. The first-order chi connectivity index (χ1) is 9.88. The van der Waals surface area contributed by atoms with Gasteiger partial charge in [0.15, 0.2) is 0 Å². The topological polar surface area (TPSA) is 52.6 Å². The molecule has 0 saturated carbocycles. The zero-order chi connectivity index (χ0) is 17.7. The molecule has 0 aliphatic heterocycles. The lowest BCUT2D eigenvalue weighted by molar-refractivity contribution is -0.140. The Hall–Kier alpha value is -1.65. The normalized spacial score (nSPS) is 14.3. The van der Waals surface area contributed by atoms with Crippen LogP contribution in [0.2, 0.25) is 0 Å². The molecule has 0 radical (unpaired) electrons. The quantitative estimate of drug-likeness (QED) is 0.337. The lowest BCUT2D eigenvalue weighted by atomic mass is 10.0. The fourth-order valence-electron chi connectivity index (χ4n) is 1.27. The van der Waals surface area contributed by atoms with Crippen molar-refractivity contribution in [3.8, 4) is 0 Å². The third-order valence-corrected chi connectivity index (χ3v) is 2.85. The number of thioether (sulfide) groups is 1. The number of esters is 2. The Labute approximate surface area is 125 Å². The molecule has 0 unspecified atom stereocenters. The average Bonchev–Trinajstić information content (AvgIpc) is 2.38. The maximum atomic E-state index is 12.9. The first-order valence-corrected chi connectivity index (χ1v) is 6.43. The summed E-state index contributed by atoms with van der Waals surface area (Å²) in [6.07, 6.45) is -10.9. The van der Waals surface area contributed by atoms with Crippen LogP contribution in [0.1, 0.15) is 0 Å². The second-order valence-corrected chi connectivity index (χ2v) is 4.31. The number of halogens is 6. The smallest absolute Gasteiger partial charge is 0.417 e. The van der Waals surface area contributed by atoms with E-state index in [-0.39, 0.29) is 0 Å². The standard InChI is InChI=1S/C11H10F6O4S/c1-20-8(18)6(7(22-3)9(19)21-2)5(11(15,16)17)4-10(12,13)14/h4H,1-3H3/b5-4+,7-6+. The molecule has 11 heteroatoms. The van der Waals surface area contributed by atoms with Crippen LogP contribution in [0.4, 0.5) is 26.3 Å². The third-order valence-electron chi connectivity index (χ3n) is 2.07. The van der Waals surface area contributed by atoms with Gasteiger partial charge in [0.25, 0.3) is 0 Å². The number of allylic oxidation sites excluding steroid dienone is 1. The zero-order valence-corrected chi connectivity index (χ0v) is 12.2. The molecule has 0 heterocycles. The van der Waals surface area contributed by atoms with E-state index >= 15 is 0 Å². The average molecular weight is 352 g/mol. The van der Waals surface area contributed by atoms with Crippen molar-refractivity contribution in [1.29, 1.82) is 0 Å². The van der Waals surface area contributed by atoms with Gasteiger partial charge in [-0.3, -0.25) is 0 Å². The van der Waals surface area contributed by atoms with Crippen molar-refractivity contribution in [2.24, 2.45) is 0 Å². The minimum Gasteiger partial charge on any atom is -0.465 e. The highest BCUT2D eigenvalue weighted by atomic mass is 32.2. The predicted molar refractivity (Wildman–Crippen MR) is 64.8 cm³/mol. The summed E-state index contributed by atoms with van der Waals surface area (Å²) in [5, 5.41) is 0. The number of alkyl halides is 6. The molecule has 0 aromatic rings. The maximum Gasteiger partial charge on any atom is 0.417 e. The van der Waals surface area contributed by atoms with E-state index in [1.54, 1.807) is 0 Å². The highest BCUT2D eigenvalue weighted by Gasteiger charge is 2.44. The minimum atomic E-state index is -5.55. The summed E-state index contributed by atoms with van der Waals surface area (Å²) in [5.74, 6) is -3.15. The van der Waals surface area contributed by atoms with Crippen molar-refractivity contribution >= 4 is 23.7 Å². The molecule has 0 atom stereocenters. The van der Waals surface area contributed by atoms with Gasteiger partial charge in [0, 0.05) is 6.08 Å². The summed E-state index contributed by atoms with van der Waals surface area (Å²) in [6, 6.07) is 0. The Morgan fingerprint density at radius 1 is 0.955 bits per heavy atom. The molecule has 0 rings (SSSR count). The highest BCUT2D eigenvalue weighted by molar-refractivity contribution is 8.03. The van der Waals surface area contributed by atoms with Crippen molar-refractivity contribution in [3.63, 3.8) is 0 Å². The van der Waals surface area contributed by atoms with Gasteiger partial charge in [0.2, 0.25) is 0 Å². The number of carbonyl (C=O) groups excluding carboxylic acids is 2.